The third-order valence-corrected chi connectivity index (χ3v) is 4.07. The summed E-state index contributed by atoms with van der Waals surface area (Å²) in [4.78, 5) is 4.29. The fraction of sp³-hybridized carbons (Fsp3) is 0.214. The van der Waals surface area contributed by atoms with Crippen molar-refractivity contribution in [3.05, 3.63) is 57.3 Å². The third kappa shape index (κ3) is 3.69. The van der Waals surface area contributed by atoms with E-state index in [2.05, 4.69) is 26.2 Å². The largest absolute Gasteiger partial charge is 0.377 e. The van der Waals surface area contributed by atoms with Gasteiger partial charge in [-0.3, -0.25) is 4.98 Å². The summed E-state index contributed by atoms with van der Waals surface area (Å²) in [6.45, 7) is 2.45. The molecular weight excluding hydrogens is 326 g/mol. The number of halogens is 2. The molecule has 5 heteroatoms. The zero-order chi connectivity index (χ0) is 13.8. The monoisotopic (exact) mass is 339 g/mol. The number of aromatic nitrogens is 1. The Labute approximate surface area is 126 Å². The van der Waals surface area contributed by atoms with Gasteiger partial charge in [-0.05, 0) is 52.7 Å². The van der Waals surface area contributed by atoms with Crippen molar-refractivity contribution in [3.63, 3.8) is 0 Å². The number of aryl methyl sites for hydroxylation is 1. The molecule has 1 atom stereocenters. The van der Waals surface area contributed by atoms with Crippen molar-refractivity contribution in [2.45, 2.75) is 13.0 Å². The highest BCUT2D eigenvalue weighted by Gasteiger charge is 2.10. The average molecular weight is 341 g/mol. The van der Waals surface area contributed by atoms with Gasteiger partial charge in [0.25, 0.3) is 0 Å². The van der Waals surface area contributed by atoms with Crippen LogP contribution in [-0.2, 0) is 0 Å². The number of pyridine rings is 1. The lowest BCUT2D eigenvalue weighted by atomic mass is 10.1. The van der Waals surface area contributed by atoms with Gasteiger partial charge in [0.2, 0.25) is 0 Å². The molecule has 0 radical (unpaired) electrons. The molecule has 0 aliphatic carbocycles. The van der Waals surface area contributed by atoms with Crippen molar-refractivity contribution in [2.75, 3.05) is 11.9 Å². The van der Waals surface area contributed by atoms with Crippen LogP contribution < -0.4 is 11.1 Å². The lowest BCUT2D eigenvalue weighted by molar-refractivity contribution is 0.783. The highest BCUT2D eigenvalue weighted by Crippen LogP contribution is 2.27. The molecule has 1 unspecified atom stereocenters. The van der Waals surface area contributed by atoms with E-state index in [4.69, 9.17) is 17.3 Å². The molecule has 0 saturated heterocycles. The Morgan fingerprint density at radius 2 is 2.16 bits per heavy atom. The SMILES string of the molecule is Cc1ccc(C(CN)Nc2ccc(Br)c(Cl)c2)cn1. The van der Waals surface area contributed by atoms with E-state index >= 15 is 0 Å². The van der Waals surface area contributed by atoms with Gasteiger partial charge in [-0.15, -0.1) is 0 Å². The maximum atomic E-state index is 6.08. The van der Waals surface area contributed by atoms with Gasteiger partial charge in [0.15, 0.2) is 0 Å². The molecule has 0 aliphatic rings. The normalized spacial score (nSPS) is 12.2. The van der Waals surface area contributed by atoms with Gasteiger partial charge in [0.05, 0.1) is 11.1 Å². The topological polar surface area (TPSA) is 50.9 Å². The number of anilines is 1. The second-order valence-electron chi connectivity index (χ2n) is 4.29. The van der Waals surface area contributed by atoms with E-state index in [1.807, 2.05) is 43.5 Å². The molecule has 1 aromatic heterocycles. The van der Waals surface area contributed by atoms with Crippen LogP contribution >= 0.6 is 27.5 Å². The zero-order valence-electron chi connectivity index (χ0n) is 10.5. The van der Waals surface area contributed by atoms with Crippen LogP contribution in [0.1, 0.15) is 17.3 Å². The average Bonchev–Trinajstić information content (AvgIpc) is 2.41. The van der Waals surface area contributed by atoms with Crippen molar-refractivity contribution < 1.29 is 0 Å². The number of nitrogens with one attached hydrogen (secondary N) is 1. The fourth-order valence-corrected chi connectivity index (χ4v) is 2.18. The maximum Gasteiger partial charge on any atom is 0.0651 e. The fourth-order valence-electron chi connectivity index (χ4n) is 1.75. The van der Waals surface area contributed by atoms with Crippen LogP contribution in [0.15, 0.2) is 41.0 Å². The highest BCUT2D eigenvalue weighted by molar-refractivity contribution is 9.10. The van der Waals surface area contributed by atoms with Gasteiger partial charge >= 0.3 is 0 Å². The summed E-state index contributed by atoms with van der Waals surface area (Å²) in [5.41, 5.74) is 8.81. The van der Waals surface area contributed by atoms with E-state index < -0.39 is 0 Å². The van der Waals surface area contributed by atoms with Crippen LogP contribution in [0.3, 0.4) is 0 Å². The molecule has 19 heavy (non-hydrogen) atoms. The van der Waals surface area contributed by atoms with Gasteiger partial charge in [0, 0.05) is 28.6 Å². The second kappa shape index (κ2) is 6.37. The smallest absolute Gasteiger partial charge is 0.0651 e. The first kappa shape index (κ1) is 14.3. The Kier molecular flexibility index (Phi) is 4.80. The Bertz CT molecular complexity index is 557. The van der Waals surface area contributed by atoms with Crippen molar-refractivity contribution in [2.24, 2.45) is 5.73 Å². The highest BCUT2D eigenvalue weighted by atomic mass is 79.9. The maximum absolute atomic E-state index is 6.08. The van der Waals surface area contributed by atoms with Crippen LogP contribution in [0.5, 0.6) is 0 Å². The predicted octanol–water partition coefficient (Wildman–Crippen LogP) is 3.92. The molecule has 0 spiro atoms. The standard InChI is InChI=1S/C14H15BrClN3/c1-9-2-3-10(8-18-9)14(7-17)19-11-4-5-12(15)13(16)6-11/h2-6,8,14,19H,7,17H2,1H3. The van der Waals surface area contributed by atoms with E-state index in [1.54, 1.807) is 0 Å². The molecule has 0 aliphatic heterocycles. The van der Waals surface area contributed by atoms with Crippen molar-refractivity contribution in [3.8, 4) is 0 Å². The van der Waals surface area contributed by atoms with Gasteiger partial charge in [-0.25, -0.2) is 0 Å². The van der Waals surface area contributed by atoms with E-state index in [0.29, 0.717) is 11.6 Å². The molecule has 1 aromatic carbocycles. The first-order chi connectivity index (χ1) is 9.10. The minimum atomic E-state index is 0.0188. The van der Waals surface area contributed by atoms with Gasteiger partial charge in [0.1, 0.15) is 0 Å². The summed E-state index contributed by atoms with van der Waals surface area (Å²) in [7, 11) is 0. The minimum absolute atomic E-state index is 0.0188. The molecule has 0 fully saturated rings. The minimum Gasteiger partial charge on any atom is -0.377 e. The van der Waals surface area contributed by atoms with Gasteiger partial charge < -0.3 is 11.1 Å². The number of nitrogens with zero attached hydrogens (tertiary/aromatic N) is 1. The Morgan fingerprint density at radius 3 is 2.74 bits per heavy atom. The van der Waals surface area contributed by atoms with E-state index in [-0.39, 0.29) is 6.04 Å². The summed E-state index contributed by atoms with van der Waals surface area (Å²) >= 11 is 9.45. The second-order valence-corrected chi connectivity index (χ2v) is 5.56. The van der Waals surface area contributed by atoms with Gasteiger partial charge in [-0.1, -0.05) is 17.7 Å². The third-order valence-electron chi connectivity index (χ3n) is 2.83. The summed E-state index contributed by atoms with van der Waals surface area (Å²) in [5.74, 6) is 0. The Morgan fingerprint density at radius 1 is 1.37 bits per heavy atom. The van der Waals surface area contributed by atoms with E-state index in [9.17, 15) is 0 Å². The molecule has 2 aromatic rings. The number of hydrogen-bond donors (Lipinski definition) is 2. The predicted molar refractivity (Wildman–Crippen MR) is 83.5 cm³/mol. The van der Waals surface area contributed by atoms with E-state index in [0.717, 1.165) is 21.4 Å². The van der Waals surface area contributed by atoms with E-state index in [1.165, 1.54) is 0 Å². The first-order valence-electron chi connectivity index (χ1n) is 5.94. The molecule has 0 amide bonds. The van der Waals surface area contributed by atoms with Crippen molar-refractivity contribution in [1.82, 2.24) is 4.98 Å². The number of hydrogen-bond acceptors (Lipinski definition) is 3. The zero-order valence-corrected chi connectivity index (χ0v) is 12.9. The molecule has 1 heterocycles. The molecule has 0 saturated carbocycles. The summed E-state index contributed by atoms with van der Waals surface area (Å²) in [6.07, 6.45) is 1.85. The number of benzene rings is 1. The Hall–Kier alpha value is -1.10. The molecule has 3 nitrogen and oxygen atoms in total. The lowest BCUT2D eigenvalue weighted by Gasteiger charge is -2.18. The van der Waals surface area contributed by atoms with Crippen LogP contribution in [0, 0.1) is 6.92 Å². The van der Waals surface area contributed by atoms with Crippen molar-refractivity contribution >= 4 is 33.2 Å². The van der Waals surface area contributed by atoms with Crippen molar-refractivity contribution in [1.29, 1.82) is 0 Å². The summed E-state index contributed by atoms with van der Waals surface area (Å²) in [5, 5.41) is 4.03. The van der Waals surface area contributed by atoms with Crippen LogP contribution in [0.25, 0.3) is 0 Å². The molecule has 2 rings (SSSR count). The number of rotatable bonds is 4. The Balaban J connectivity index is 2.18. The quantitative estimate of drug-likeness (QED) is 0.887. The van der Waals surface area contributed by atoms with Crippen LogP contribution in [-0.4, -0.2) is 11.5 Å². The molecule has 3 N–H and O–H groups in total. The summed E-state index contributed by atoms with van der Waals surface area (Å²) < 4.78 is 0.876. The van der Waals surface area contributed by atoms with Gasteiger partial charge in [-0.2, -0.15) is 0 Å². The molecular formula is C14H15BrClN3. The van der Waals surface area contributed by atoms with Crippen LogP contribution in [0.2, 0.25) is 5.02 Å². The lowest BCUT2D eigenvalue weighted by Crippen LogP contribution is -2.20. The number of nitrogens with two attached hydrogens (primary N) is 1. The first-order valence-corrected chi connectivity index (χ1v) is 7.11. The van der Waals surface area contributed by atoms with Crippen LogP contribution in [0.4, 0.5) is 5.69 Å². The molecule has 0 bridgehead atoms. The summed E-state index contributed by atoms with van der Waals surface area (Å²) in [6, 6.07) is 9.77. The molecule has 100 valence electrons.